The van der Waals surface area contributed by atoms with Gasteiger partial charge in [-0.1, -0.05) is 115 Å². The third-order valence-corrected chi connectivity index (χ3v) is 17.0. The lowest BCUT2D eigenvalue weighted by Crippen LogP contribution is -2.39. The van der Waals surface area contributed by atoms with Crippen molar-refractivity contribution < 1.29 is 42.9 Å². The highest BCUT2D eigenvalue weighted by Gasteiger charge is 2.42. The highest BCUT2D eigenvalue weighted by molar-refractivity contribution is 8.32. The molecule has 11 nitrogen and oxygen atoms in total. The number of hydrogen-bond donors (Lipinski definition) is 4. The molecule has 62 heavy (non-hydrogen) atoms. The third kappa shape index (κ3) is 12.5. The van der Waals surface area contributed by atoms with Crippen molar-refractivity contribution in [2.24, 2.45) is 0 Å². The lowest BCUT2D eigenvalue weighted by Gasteiger charge is -2.44. The Kier molecular flexibility index (Phi) is 18.5. The van der Waals surface area contributed by atoms with Crippen LogP contribution < -0.4 is 0 Å². The van der Waals surface area contributed by atoms with Crippen LogP contribution in [0.2, 0.25) is 0 Å². The zero-order chi connectivity index (χ0) is 44.3. The van der Waals surface area contributed by atoms with Crippen molar-refractivity contribution in [3.8, 4) is 12.1 Å². The second-order valence-electron chi connectivity index (χ2n) is 14.6. The van der Waals surface area contributed by atoms with Gasteiger partial charge in [0.25, 0.3) is 0 Å². The van der Waals surface area contributed by atoms with Gasteiger partial charge in [-0.25, -0.2) is 0 Å². The van der Waals surface area contributed by atoms with E-state index in [9.17, 15) is 40.5 Å². The minimum Gasteiger partial charge on any atom is -0.395 e. The number of benzene rings is 5. The highest BCUT2D eigenvalue weighted by Crippen LogP contribution is 2.54. The Morgan fingerprint density at radius 2 is 0.871 bits per heavy atom. The zero-order valence-corrected chi connectivity index (χ0v) is 36.2. The molecule has 0 amide bonds. The molecule has 5 aromatic rings. The Hall–Kier alpha value is -5.10. The normalized spacial score (nSPS) is 12.2. The van der Waals surface area contributed by atoms with E-state index in [1.54, 1.807) is 24.3 Å². The lowest BCUT2D eigenvalue weighted by molar-refractivity contribution is 0.101. The molecule has 0 atom stereocenters. The van der Waals surface area contributed by atoms with E-state index in [0.717, 1.165) is 16.7 Å². The Balaban J connectivity index is 1.53. The first-order valence-electron chi connectivity index (χ1n) is 20.4. The van der Waals surface area contributed by atoms with Gasteiger partial charge in [0.1, 0.15) is 0 Å². The monoisotopic (exact) mass is 876 g/mol. The lowest BCUT2D eigenvalue weighted by atomic mass is 9.67. The van der Waals surface area contributed by atoms with Crippen LogP contribution in [0.5, 0.6) is 0 Å². The maximum Gasteiger partial charge on any atom is 0.660 e. The number of nitriles is 2. The molecule has 0 spiro atoms. The summed E-state index contributed by atoms with van der Waals surface area (Å²) in [6.07, 6.45) is 1.03. The Morgan fingerprint density at radius 3 is 1.18 bits per heavy atom. The summed E-state index contributed by atoms with van der Waals surface area (Å²) in [5, 5.41) is 60.3. The molecular formula is C48H53BN2O9S2. The number of carbonyl (C=O) groups is 2. The Labute approximate surface area is 367 Å². The van der Waals surface area contributed by atoms with Crippen LogP contribution in [0.3, 0.4) is 0 Å². The molecule has 0 aliphatic carbocycles. The number of hydrogen-bond acceptors (Lipinski definition) is 11. The fourth-order valence-electron chi connectivity index (χ4n) is 7.55. The summed E-state index contributed by atoms with van der Waals surface area (Å²) in [4.78, 5) is 27.8. The molecule has 0 saturated heterocycles. The van der Waals surface area contributed by atoms with Crippen LogP contribution in [-0.4, -0.2) is 107 Å². The molecule has 0 radical (unpaired) electrons. The van der Waals surface area contributed by atoms with Gasteiger partial charge in [-0.15, -0.1) is 20.6 Å². The number of aliphatic hydroxyl groups excluding tert-OH is 4. The summed E-state index contributed by atoms with van der Waals surface area (Å²) >= 11 is 0. The minimum absolute atomic E-state index is 0.0234. The van der Waals surface area contributed by atoms with E-state index in [2.05, 4.69) is 36.4 Å². The molecule has 4 N–H and O–H groups in total. The van der Waals surface area contributed by atoms with Gasteiger partial charge in [0.2, 0.25) is 0 Å². The molecule has 0 saturated carbocycles. The van der Waals surface area contributed by atoms with E-state index in [4.69, 9.17) is 12.9 Å². The summed E-state index contributed by atoms with van der Waals surface area (Å²) < 4.78 is 20.1. The Bertz CT molecular complexity index is 2040. The second-order valence-corrected chi connectivity index (χ2v) is 21.1. The zero-order valence-electron chi connectivity index (χ0n) is 34.6. The van der Waals surface area contributed by atoms with E-state index < -0.39 is 33.4 Å². The SMILES string of the molecule is N#Cc1ccc(C(=O)CS(CCO)(CCO)OB(OCCCC(c2ccccc2)(c2ccccc2)c2ccccc2)OS(CCO)(CCO)CC(=O)c2ccc(C#N)cc2)cc1. The van der Waals surface area contributed by atoms with Gasteiger partial charge < -0.3 is 33.3 Å². The van der Waals surface area contributed by atoms with Crippen molar-refractivity contribution >= 4 is 39.5 Å². The molecule has 5 rings (SSSR count). The number of Topliss-reactive ketones (excluding diaryl/α,β-unsaturated/α-hetero) is 2. The molecule has 0 unspecified atom stereocenters. The van der Waals surface area contributed by atoms with Crippen LogP contribution in [-0.2, 0) is 18.3 Å². The van der Waals surface area contributed by atoms with Crippen LogP contribution in [0.4, 0.5) is 0 Å². The van der Waals surface area contributed by atoms with Crippen molar-refractivity contribution in [1.29, 1.82) is 10.5 Å². The van der Waals surface area contributed by atoms with Crippen molar-refractivity contribution in [1.82, 2.24) is 0 Å². The number of carbonyl (C=O) groups excluding carboxylic acids is 2. The van der Waals surface area contributed by atoms with E-state index in [1.165, 1.54) is 24.3 Å². The van der Waals surface area contributed by atoms with E-state index >= 15 is 0 Å². The fraction of sp³-hybridized carbons (Fsp3) is 0.292. The van der Waals surface area contributed by atoms with E-state index in [0.29, 0.717) is 35.1 Å². The molecule has 0 heterocycles. The number of aliphatic hydroxyl groups is 4. The second kappa shape index (κ2) is 23.9. The van der Waals surface area contributed by atoms with Crippen LogP contribution in [0.25, 0.3) is 0 Å². The molecular weight excluding hydrogens is 823 g/mol. The first-order valence-corrected chi connectivity index (χ1v) is 24.5. The maximum atomic E-state index is 13.9. The first kappa shape index (κ1) is 47.9. The molecule has 0 aliphatic heterocycles. The van der Waals surface area contributed by atoms with Gasteiger partial charge in [-0.2, -0.15) is 10.5 Å². The third-order valence-electron chi connectivity index (χ3n) is 10.6. The van der Waals surface area contributed by atoms with Gasteiger partial charge in [0, 0.05) is 46.2 Å². The number of rotatable bonds is 26. The topological polar surface area (TPSA) is 190 Å². The van der Waals surface area contributed by atoms with Gasteiger partial charge in [-0.3, -0.25) is 9.59 Å². The van der Waals surface area contributed by atoms with Crippen molar-refractivity contribution in [3.05, 3.63) is 178 Å². The maximum absolute atomic E-state index is 13.9. The summed E-state index contributed by atoms with van der Waals surface area (Å²) in [5.41, 5.74) is 4.01. The highest BCUT2D eigenvalue weighted by atomic mass is 32.3. The van der Waals surface area contributed by atoms with Crippen molar-refractivity contribution in [3.63, 3.8) is 0 Å². The summed E-state index contributed by atoms with van der Waals surface area (Å²) in [7, 11) is -7.03. The largest absolute Gasteiger partial charge is 0.660 e. The standard InChI is InChI=1S/C48H53BN2O9S2/c50-35-39-17-21-41(22-18-39)46(56)37-61(31-26-52,32-27-53)59-49(60-62(33-28-54,34-29-55)38-47(57)42-23-19-40(36-51)20-24-42)58-30-10-25-48(43-11-4-1-5-12-43,44-13-6-2-7-14-44)45-15-8-3-9-16-45/h1-9,11-24,52-55H,10,25-34,37-38H2. The van der Waals surface area contributed by atoms with Gasteiger partial charge in [-0.05, 0) is 53.8 Å². The van der Waals surface area contributed by atoms with Crippen LogP contribution in [0.1, 0.15) is 61.4 Å². The summed E-state index contributed by atoms with van der Waals surface area (Å²) in [6, 6.07) is 47.0. The average molecular weight is 877 g/mol. The summed E-state index contributed by atoms with van der Waals surface area (Å²) in [6.45, 7) is -1.50. The van der Waals surface area contributed by atoms with E-state index in [-0.39, 0.29) is 79.1 Å². The van der Waals surface area contributed by atoms with Gasteiger partial charge >= 0.3 is 7.32 Å². The van der Waals surface area contributed by atoms with Gasteiger partial charge in [0.05, 0.1) is 61.2 Å². The molecule has 0 aromatic heterocycles. The molecule has 324 valence electrons. The van der Waals surface area contributed by atoms with Crippen LogP contribution in [0, 0.1) is 22.7 Å². The fourth-order valence-corrected chi connectivity index (χ4v) is 12.6. The quantitative estimate of drug-likeness (QED) is 0.0199. The van der Waals surface area contributed by atoms with Crippen molar-refractivity contribution in [2.45, 2.75) is 18.3 Å². The van der Waals surface area contributed by atoms with Crippen molar-refractivity contribution in [2.75, 3.05) is 67.6 Å². The number of nitrogens with zero attached hydrogens (tertiary/aromatic N) is 2. The average Bonchev–Trinajstić information content (AvgIpc) is 3.30. The molecule has 0 fully saturated rings. The molecule has 14 heteroatoms. The predicted octanol–water partition coefficient (Wildman–Crippen LogP) is 6.75. The predicted molar refractivity (Wildman–Crippen MR) is 246 cm³/mol. The number of ketones is 2. The molecule has 0 aliphatic rings. The van der Waals surface area contributed by atoms with Gasteiger partial charge in [0.15, 0.2) is 11.6 Å². The van der Waals surface area contributed by atoms with Crippen LogP contribution >= 0.6 is 20.6 Å². The van der Waals surface area contributed by atoms with Crippen LogP contribution in [0.15, 0.2) is 140 Å². The molecule has 0 bridgehead atoms. The van der Waals surface area contributed by atoms with E-state index in [1.807, 2.05) is 66.7 Å². The molecule has 5 aromatic carbocycles. The smallest absolute Gasteiger partial charge is 0.395 e. The minimum atomic E-state index is -2.74. The first-order chi connectivity index (χ1) is 30.2. The Morgan fingerprint density at radius 1 is 0.532 bits per heavy atom. The summed E-state index contributed by atoms with van der Waals surface area (Å²) in [5.74, 6) is -1.24.